The SMILES string of the molecule is CC(C)(c1ccn(-c2cccc(C3c4ccccc4-c4ccccc43)c2)n1)c1ccn(-c2cccc(C3c4ccccc4-c4ccccc43)c2)n1. The largest absolute Gasteiger partial charge is 0.241 e. The third kappa shape index (κ3) is 4.67. The van der Waals surface area contributed by atoms with Crippen molar-refractivity contribution in [2.45, 2.75) is 31.1 Å². The summed E-state index contributed by atoms with van der Waals surface area (Å²) < 4.78 is 4.01. The number of rotatable bonds is 6. The molecule has 0 saturated carbocycles. The first-order valence-corrected chi connectivity index (χ1v) is 17.7. The molecule has 0 fully saturated rings. The van der Waals surface area contributed by atoms with Crippen LogP contribution in [0, 0.1) is 0 Å². The maximum atomic E-state index is 5.14. The summed E-state index contributed by atoms with van der Waals surface area (Å²) in [5.74, 6) is 0.397. The van der Waals surface area contributed by atoms with E-state index < -0.39 is 5.41 Å². The van der Waals surface area contributed by atoms with Crippen LogP contribution in [0.15, 0.2) is 170 Å². The van der Waals surface area contributed by atoms with Gasteiger partial charge in [-0.25, -0.2) is 9.36 Å². The Morgan fingerprint density at radius 2 is 0.765 bits per heavy atom. The molecular weight excluding hydrogens is 621 g/mol. The fourth-order valence-corrected chi connectivity index (χ4v) is 8.46. The summed E-state index contributed by atoms with van der Waals surface area (Å²) in [6, 6.07) is 57.1. The zero-order chi connectivity index (χ0) is 34.1. The third-order valence-corrected chi connectivity index (χ3v) is 11.1. The van der Waals surface area contributed by atoms with E-state index >= 15 is 0 Å². The van der Waals surface area contributed by atoms with Gasteiger partial charge in [0, 0.05) is 24.2 Å². The number of nitrogens with zero attached hydrogens (tertiary/aromatic N) is 4. The molecule has 2 heterocycles. The van der Waals surface area contributed by atoms with Crippen LogP contribution < -0.4 is 0 Å². The fourth-order valence-electron chi connectivity index (χ4n) is 8.46. The molecule has 0 N–H and O–H groups in total. The Morgan fingerprint density at radius 1 is 0.412 bits per heavy atom. The molecule has 0 saturated heterocycles. The van der Waals surface area contributed by atoms with E-state index in [4.69, 9.17) is 10.2 Å². The van der Waals surface area contributed by atoms with Crippen LogP contribution in [-0.2, 0) is 5.41 Å². The Morgan fingerprint density at radius 3 is 1.14 bits per heavy atom. The second kappa shape index (κ2) is 11.4. The molecule has 8 aromatic rings. The van der Waals surface area contributed by atoms with Gasteiger partial charge in [0.1, 0.15) is 0 Å². The van der Waals surface area contributed by atoms with Gasteiger partial charge in [0.05, 0.1) is 28.2 Å². The molecule has 244 valence electrons. The van der Waals surface area contributed by atoms with Gasteiger partial charge in [-0.3, -0.25) is 0 Å². The molecule has 0 bridgehead atoms. The van der Waals surface area contributed by atoms with Gasteiger partial charge < -0.3 is 0 Å². The van der Waals surface area contributed by atoms with Crippen LogP contribution in [0.25, 0.3) is 33.6 Å². The number of fused-ring (bicyclic) bond motifs is 6. The smallest absolute Gasteiger partial charge is 0.0745 e. The molecule has 10 rings (SSSR count). The zero-order valence-electron chi connectivity index (χ0n) is 28.6. The van der Waals surface area contributed by atoms with Crippen molar-refractivity contribution in [3.05, 3.63) is 215 Å². The molecular formula is C47H36N4. The van der Waals surface area contributed by atoms with Gasteiger partial charge in [-0.2, -0.15) is 10.2 Å². The number of hydrogen-bond donors (Lipinski definition) is 0. The molecule has 0 spiro atoms. The molecule has 2 aromatic heterocycles. The normalized spacial score (nSPS) is 13.5. The summed E-state index contributed by atoms with van der Waals surface area (Å²) in [5.41, 5.74) is 16.9. The molecule has 4 nitrogen and oxygen atoms in total. The Hall–Kier alpha value is -6.26. The summed E-state index contributed by atoms with van der Waals surface area (Å²) >= 11 is 0. The monoisotopic (exact) mass is 656 g/mol. The van der Waals surface area contributed by atoms with Crippen molar-refractivity contribution in [1.82, 2.24) is 19.6 Å². The number of benzene rings is 6. The molecule has 2 aliphatic rings. The minimum Gasteiger partial charge on any atom is -0.241 e. The van der Waals surface area contributed by atoms with Crippen LogP contribution in [0.1, 0.15) is 70.5 Å². The van der Waals surface area contributed by atoms with Gasteiger partial charge in [-0.1, -0.05) is 121 Å². The Kier molecular flexibility index (Phi) is 6.62. The maximum Gasteiger partial charge on any atom is 0.0745 e. The first-order chi connectivity index (χ1) is 25.0. The van der Waals surface area contributed by atoms with Crippen LogP contribution >= 0.6 is 0 Å². The van der Waals surface area contributed by atoms with Gasteiger partial charge in [0.15, 0.2) is 0 Å². The molecule has 2 aliphatic carbocycles. The van der Waals surface area contributed by atoms with Gasteiger partial charge >= 0.3 is 0 Å². The van der Waals surface area contributed by atoms with Crippen molar-refractivity contribution in [2.24, 2.45) is 0 Å². The second-order valence-corrected chi connectivity index (χ2v) is 14.3. The highest BCUT2D eigenvalue weighted by Crippen LogP contribution is 2.49. The average molecular weight is 657 g/mol. The summed E-state index contributed by atoms with van der Waals surface area (Å²) in [5, 5.41) is 10.3. The molecule has 0 aliphatic heterocycles. The van der Waals surface area contributed by atoms with Gasteiger partial charge in [-0.15, -0.1) is 0 Å². The lowest BCUT2D eigenvalue weighted by Crippen LogP contribution is -2.21. The molecule has 0 unspecified atom stereocenters. The van der Waals surface area contributed by atoms with E-state index in [1.807, 2.05) is 9.36 Å². The second-order valence-electron chi connectivity index (χ2n) is 14.3. The van der Waals surface area contributed by atoms with Crippen molar-refractivity contribution in [2.75, 3.05) is 0 Å². The molecule has 0 atom stereocenters. The van der Waals surface area contributed by atoms with Crippen molar-refractivity contribution in [3.63, 3.8) is 0 Å². The maximum absolute atomic E-state index is 5.14. The highest BCUT2D eigenvalue weighted by atomic mass is 15.3. The van der Waals surface area contributed by atoms with Crippen molar-refractivity contribution >= 4 is 0 Å². The first-order valence-electron chi connectivity index (χ1n) is 17.7. The van der Waals surface area contributed by atoms with Crippen molar-refractivity contribution in [3.8, 4) is 33.6 Å². The quantitative estimate of drug-likeness (QED) is 0.179. The molecule has 6 aromatic carbocycles. The van der Waals surface area contributed by atoms with Crippen LogP contribution in [0.5, 0.6) is 0 Å². The lowest BCUT2D eigenvalue weighted by atomic mass is 9.86. The zero-order valence-corrected chi connectivity index (χ0v) is 28.6. The lowest BCUT2D eigenvalue weighted by molar-refractivity contribution is 0.576. The molecule has 51 heavy (non-hydrogen) atoms. The van der Waals surface area contributed by atoms with E-state index in [1.54, 1.807) is 0 Å². The standard InChI is InChI=1S/C47H36N4/c1-47(2,43-25-27-50(48-43)33-15-11-13-31(29-33)45-39-21-7-3-17-35(39)36-18-4-8-22-40(36)45)44-26-28-51(49-44)34-16-12-14-32(30-34)46-41-23-9-5-19-37(41)38-20-6-10-24-42(38)46/h3-30,45-46H,1-2H3. The van der Waals surface area contributed by atoms with E-state index in [0.717, 1.165) is 22.8 Å². The van der Waals surface area contributed by atoms with Crippen LogP contribution in [-0.4, -0.2) is 19.6 Å². The summed E-state index contributed by atoms with van der Waals surface area (Å²) in [6.07, 6.45) is 4.15. The predicted octanol–water partition coefficient (Wildman–Crippen LogP) is 10.7. The number of aromatic nitrogens is 4. The topological polar surface area (TPSA) is 35.6 Å². The Bertz CT molecular complexity index is 2330. The van der Waals surface area contributed by atoms with Crippen LogP contribution in [0.4, 0.5) is 0 Å². The predicted molar refractivity (Wildman–Crippen MR) is 205 cm³/mol. The van der Waals surface area contributed by atoms with Gasteiger partial charge in [-0.05, 0) is 106 Å². The fraction of sp³-hybridized carbons (Fsp3) is 0.106. The Labute approximate surface area is 298 Å². The van der Waals surface area contributed by atoms with E-state index in [0.29, 0.717) is 0 Å². The van der Waals surface area contributed by atoms with E-state index in [2.05, 4.69) is 184 Å². The van der Waals surface area contributed by atoms with E-state index in [-0.39, 0.29) is 11.8 Å². The minimum absolute atomic E-state index is 0.199. The lowest BCUT2D eigenvalue weighted by Gasteiger charge is -2.20. The number of hydrogen-bond acceptors (Lipinski definition) is 2. The first kappa shape index (κ1) is 29.6. The minimum atomic E-state index is -0.404. The van der Waals surface area contributed by atoms with Crippen LogP contribution in [0.3, 0.4) is 0 Å². The van der Waals surface area contributed by atoms with E-state index in [1.165, 1.54) is 55.6 Å². The van der Waals surface area contributed by atoms with Gasteiger partial charge in [0.2, 0.25) is 0 Å². The highest BCUT2D eigenvalue weighted by Gasteiger charge is 2.32. The summed E-state index contributed by atoms with van der Waals surface area (Å²) in [6.45, 7) is 4.41. The summed E-state index contributed by atoms with van der Waals surface area (Å²) in [4.78, 5) is 0. The van der Waals surface area contributed by atoms with Gasteiger partial charge in [0.25, 0.3) is 0 Å². The van der Waals surface area contributed by atoms with Crippen molar-refractivity contribution in [1.29, 1.82) is 0 Å². The summed E-state index contributed by atoms with van der Waals surface area (Å²) in [7, 11) is 0. The average Bonchev–Trinajstić information content (AvgIpc) is 3.99. The molecule has 4 heteroatoms. The van der Waals surface area contributed by atoms with Crippen LogP contribution in [0.2, 0.25) is 0 Å². The van der Waals surface area contributed by atoms with E-state index in [9.17, 15) is 0 Å². The molecule has 0 radical (unpaired) electrons. The third-order valence-electron chi connectivity index (χ3n) is 11.1. The molecule has 0 amide bonds. The van der Waals surface area contributed by atoms with Crippen molar-refractivity contribution < 1.29 is 0 Å². The highest BCUT2D eigenvalue weighted by molar-refractivity contribution is 5.81. The Balaban J connectivity index is 0.945.